The maximum Gasteiger partial charge on any atom is 0.236 e. The van der Waals surface area contributed by atoms with Gasteiger partial charge in [-0.3, -0.25) is 14.7 Å². The Morgan fingerprint density at radius 1 is 1.11 bits per heavy atom. The van der Waals surface area contributed by atoms with E-state index >= 15 is 0 Å². The van der Waals surface area contributed by atoms with Crippen LogP contribution in [0.2, 0.25) is 0 Å². The Bertz CT molecular complexity index is 776. The number of hydrogen-bond donors (Lipinski definition) is 0. The summed E-state index contributed by atoms with van der Waals surface area (Å²) in [5.74, 6) is 0.519. The minimum atomic E-state index is 0.204. The molecular formula is C21H27N3O3. The second-order valence-electron chi connectivity index (χ2n) is 7.40. The van der Waals surface area contributed by atoms with Crippen molar-refractivity contribution in [2.45, 2.75) is 6.42 Å². The van der Waals surface area contributed by atoms with Crippen molar-refractivity contribution in [2.75, 3.05) is 59.2 Å². The molecule has 2 aliphatic rings. The van der Waals surface area contributed by atoms with Crippen LogP contribution in [0.25, 0.3) is 10.9 Å². The minimum Gasteiger partial charge on any atom is -0.379 e. The van der Waals surface area contributed by atoms with Gasteiger partial charge in [-0.25, -0.2) is 0 Å². The van der Waals surface area contributed by atoms with Gasteiger partial charge in [0.15, 0.2) is 0 Å². The Balaban J connectivity index is 1.39. The Labute approximate surface area is 160 Å². The Hall–Kier alpha value is -2.02. The van der Waals surface area contributed by atoms with E-state index in [1.54, 1.807) is 0 Å². The van der Waals surface area contributed by atoms with Crippen molar-refractivity contribution < 1.29 is 14.3 Å². The van der Waals surface area contributed by atoms with Crippen molar-refractivity contribution in [3.05, 3.63) is 42.1 Å². The molecule has 0 unspecified atom stereocenters. The molecule has 2 fully saturated rings. The molecule has 6 nitrogen and oxygen atoms in total. The first kappa shape index (κ1) is 18.3. The standard InChI is InChI=1S/C21H27N3O3/c25-21(15-23-6-9-26-10-7-23)24-8-11-27-16-18(14-24)12-17-3-4-20-19(13-17)2-1-5-22-20/h1-5,13,18H,6-12,14-16H2/t18-/m0/s1. The van der Waals surface area contributed by atoms with Crippen LogP contribution in [0, 0.1) is 5.92 Å². The van der Waals surface area contributed by atoms with Crippen LogP contribution in [0.15, 0.2) is 36.5 Å². The van der Waals surface area contributed by atoms with Crippen molar-refractivity contribution in [3.63, 3.8) is 0 Å². The molecule has 27 heavy (non-hydrogen) atoms. The molecule has 0 bridgehead atoms. The molecule has 0 aliphatic carbocycles. The van der Waals surface area contributed by atoms with Gasteiger partial charge in [0.25, 0.3) is 0 Å². The van der Waals surface area contributed by atoms with E-state index < -0.39 is 0 Å². The summed E-state index contributed by atoms with van der Waals surface area (Å²) >= 11 is 0. The number of benzene rings is 1. The normalized spacial score (nSPS) is 21.9. The fourth-order valence-electron chi connectivity index (χ4n) is 3.87. The van der Waals surface area contributed by atoms with Gasteiger partial charge in [0.1, 0.15) is 0 Å². The number of rotatable bonds is 4. The van der Waals surface area contributed by atoms with Gasteiger partial charge in [0, 0.05) is 43.7 Å². The van der Waals surface area contributed by atoms with E-state index in [1.165, 1.54) is 5.56 Å². The molecule has 6 heteroatoms. The van der Waals surface area contributed by atoms with Crippen molar-refractivity contribution >= 4 is 16.8 Å². The topological polar surface area (TPSA) is 54.9 Å². The molecule has 0 saturated carbocycles. The summed E-state index contributed by atoms with van der Waals surface area (Å²) in [5, 5.41) is 1.16. The summed E-state index contributed by atoms with van der Waals surface area (Å²) in [5.41, 5.74) is 2.28. The molecule has 1 atom stereocenters. The van der Waals surface area contributed by atoms with Gasteiger partial charge in [-0.05, 0) is 30.2 Å². The lowest BCUT2D eigenvalue weighted by Gasteiger charge is -2.30. The monoisotopic (exact) mass is 369 g/mol. The van der Waals surface area contributed by atoms with Crippen molar-refractivity contribution in [2.24, 2.45) is 5.92 Å². The third kappa shape index (κ3) is 4.83. The Kier molecular flexibility index (Phi) is 5.97. The third-order valence-corrected chi connectivity index (χ3v) is 5.34. The molecule has 4 rings (SSSR count). The van der Waals surface area contributed by atoms with Gasteiger partial charge >= 0.3 is 0 Å². The number of morpholine rings is 1. The van der Waals surface area contributed by atoms with E-state index in [0.717, 1.165) is 50.2 Å². The first-order valence-corrected chi connectivity index (χ1v) is 9.77. The van der Waals surface area contributed by atoms with E-state index in [-0.39, 0.29) is 5.91 Å². The van der Waals surface area contributed by atoms with Crippen molar-refractivity contribution in [1.29, 1.82) is 0 Å². The van der Waals surface area contributed by atoms with E-state index in [2.05, 4.69) is 34.1 Å². The lowest BCUT2D eigenvalue weighted by atomic mass is 9.98. The molecule has 1 aromatic carbocycles. The highest BCUT2D eigenvalue weighted by molar-refractivity contribution is 5.79. The Morgan fingerprint density at radius 3 is 2.85 bits per heavy atom. The van der Waals surface area contributed by atoms with Gasteiger partial charge < -0.3 is 14.4 Å². The SMILES string of the molecule is O=C(CN1CCOCC1)N1CCOC[C@@H](Cc2ccc3ncccc3c2)C1. The van der Waals surface area contributed by atoms with Crippen LogP contribution in [0.4, 0.5) is 0 Å². The predicted octanol–water partition coefficient (Wildman–Crippen LogP) is 1.58. The van der Waals surface area contributed by atoms with Crippen LogP contribution in [-0.2, 0) is 20.7 Å². The smallest absolute Gasteiger partial charge is 0.236 e. The number of pyridine rings is 1. The van der Waals surface area contributed by atoms with Crippen LogP contribution in [0.3, 0.4) is 0 Å². The second kappa shape index (κ2) is 8.78. The lowest BCUT2D eigenvalue weighted by molar-refractivity contribution is -0.133. The number of hydrogen-bond acceptors (Lipinski definition) is 5. The van der Waals surface area contributed by atoms with Crippen LogP contribution in [-0.4, -0.2) is 79.8 Å². The van der Waals surface area contributed by atoms with Crippen LogP contribution >= 0.6 is 0 Å². The number of carbonyl (C=O) groups is 1. The molecular weight excluding hydrogens is 342 g/mol. The summed E-state index contributed by atoms with van der Waals surface area (Å²) < 4.78 is 11.2. The molecule has 2 aromatic rings. The van der Waals surface area contributed by atoms with E-state index in [1.807, 2.05) is 17.2 Å². The molecule has 144 valence electrons. The van der Waals surface area contributed by atoms with Gasteiger partial charge in [0.2, 0.25) is 5.91 Å². The van der Waals surface area contributed by atoms with Crippen molar-refractivity contribution in [3.8, 4) is 0 Å². The van der Waals surface area contributed by atoms with Gasteiger partial charge in [0.05, 0.1) is 38.5 Å². The van der Waals surface area contributed by atoms with Gasteiger partial charge in [-0.15, -0.1) is 0 Å². The first-order valence-electron chi connectivity index (χ1n) is 9.77. The minimum absolute atomic E-state index is 0.204. The average Bonchev–Trinajstić information content (AvgIpc) is 2.94. The molecule has 2 aliphatic heterocycles. The summed E-state index contributed by atoms with van der Waals surface area (Å²) in [6.07, 6.45) is 2.73. The molecule has 3 heterocycles. The number of ether oxygens (including phenoxy) is 2. The van der Waals surface area contributed by atoms with Crippen molar-refractivity contribution in [1.82, 2.24) is 14.8 Å². The molecule has 1 amide bonds. The fraction of sp³-hybridized carbons (Fsp3) is 0.524. The quantitative estimate of drug-likeness (QED) is 0.819. The summed E-state index contributed by atoms with van der Waals surface area (Å²) in [6, 6.07) is 10.5. The maximum atomic E-state index is 12.8. The summed E-state index contributed by atoms with van der Waals surface area (Å²) in [6.45, 7) is 6.35. The zero-order chi connectivity index (χ0) is 18.5. The summed E-state index contributed by atoms with van der Waals surface area (Å²) in [7, 11) is 0. The molecule has 0 N–H and O–H groups in total. The number of nitrogens with zero attached hydrogens (tertiary/aromatic N) is 3. The van der Waals surface area contributed by atoms with E-state index in [0.29, 0.717) is 32.2 Å². The molecule has 0 radical (unpaired) electrons. The zero-order valence-electron chi connectivity index (χ0n) is 15.7. The number of amides is 1. The maximum absolute atomic E-state index is 12.8. The highest BCUT2D eigenvalue weighted by atomic mass is 16.5. The predicted molar refractivity (Wildman–Crippen MR) is 104 cm³/mol. The first-order chi connectivity index (χ1) is 13.3. The number of carbonyl (C=O) groups excluding carboxylic acids is 1. The Morgan fingerprint density at radius 2 is 1.96 bits per heavy atom. The van der Waals surface area contributed by atoms with Gasteiger partial charge in [-0.1, -0.05) is 12.1 Å². The highest BCUT2D eigenvalue weighted by Gasteiger charge is 2.24. The zero-order valence-corrected chi connectivity index (χ0v) is 15.7. The number of fused-ring (bicyclic) bond motifs is 1. The van der Waals surface area contributed by atoms with Crippen LogP contribution in [0.5, 0.6) is 0 Å². The largest absolute Gasteiger partial charge is 0.379 e. The molecule has 2 saturated heterocycles. The summed E-state index contributed by atoms with van der Waals surface area (Å²) in [4.78, 5) is 21.3. The van der Waals surface area contributed by atoms with Gasteiger partial charge in [-0.2, -0.15) is 0 Å². The molecule has 1 aromatic heterocycles. The number of aromatic nitrogens is 1. The third-order valence-electron chi connectivity index (χ3n) is 5.34. The lowest BCUT2D eigenvalue weighted by Crippen LogP contribution is -2.46. The average molecular weight is 369 g/mol. The highest BCUT2D eigenvalue weighted by Crippen LogP contribution is 2.19. The molecule has 0 spiro atoms. The van der Waals surface area contributed by atoms with Crippen LogP contribution < -0.4 is 0 Å². The van der Waals surface area contributed by atoms with E-state index in [9.17, 15) is 4.79 Å². The fourth-order valence-corrected chi connectivity index (χ4v) is 3.87. The van der Waals surface area contributed by atoms with E-state index in [4.69, 9.17) is 9.47 Å². The van der Waals surface area contributed by atoms with Crippen LogP contribution in [0.1, 0.15) is 5.56 Å². The second-order valence-corrected chi connectivity index (χ2v) is 7.40.